The van der Waals surface area contributed by atoms with Crippen LogP contribution in [0.1, 0.15) is 5.56 Å². The molecular weight excluding hydrogens is 439 g/mol. The summed E-state index contributed by atoms with van der Waals surface area (Å²) in [4.78, 5) is 16.0. The van der Waals surface area contributed by atoms with Crippen molar-refractivity contribution >= 4 is 61.3 Å². The van der Waals surface area contributed by atoms with Gasteiger partial charge in [0.25, 0.3) is 5.91 Å². The SMILES string of the molecule is O=C1Nc2nc(Cl)ccc2OC1=Cc1cc(Br)c(O)c(Br)c1. The van der Waals surface area contributed by atoms with Crippen molar-refractivity contribution in [1.29, 1.82) is 0 Å². The maximum Gasteiger partial charge on any atom is 0.292 e. The third kappa shape index (κ3) is 2.97. The van der Waals surface area contributed by atoms with Crippen LogP contribution in [-0.2, 0) is 4.79 Å². The highest BCUT2D eigenvalue weighted by Crippen LogP contribution is 2.35. The van der Waals surface area contributed by atoms with Gasteiger partial charge in [-0.2, -0.15) is 0 Å². The Morgan fingerprint density at radius 3 is 2.64 bits per heavy atom. The van der Waals surface area contributed by atoms with E-state index in [0.29, 0.717) is 20.3 Å². The molecule has 0 aliphatic carbocycles. The van der Waals surface area contributed by atoms with Crippen molar-refractivity contribution < 1.29 is 14.6 Å². The van der Waals surface area contributed by atoms with Gasteiger partial charge in [-0.3, -0.25) is 4.79 Å². The summed E-state index contributed by atoms with van der Waals surface area (Å²) < 4.78 is 6.55. The van der Waals surface area contributed by atoms with E-state index in [1.165, 1.54) is 0 Å². The van der Waals surface area contributed by atoms with Gasteiger partial charge in [-0.25, -0.2) is 4.98 Å². The smallest absolute Gasteiger partial charge is 0.292 e. The number of aromatic nitrogens is 1. The Morgan fingerprint density at radius 1 is 1.27 bits per heavy atom. The minimum atomic E-state index is -0.428. The van der Waals surface area contributed by atoms with Gasteiger partial charge in [0.05, 0.1) is 8.95 Å². The molecule has 2 N–H and O–H groups in total. The molecular formula is C14H7Br2ClN2O3. The van der Waals surface area contributed by atoms with Crippen LogP contribution in [0.3, 0.4) is 0 Å². The molecule has 0 fully saturated rings. The third-order valence-corrected chi connectivity index (χ3v) is 4.26. The number of aromatic hydroxyl groups is 1. The lowest BCUT2D eigenvalue weighted by Gasteiger charge is -2.19. The number of phenols is 1. The Bertz CT molecular complexity index is 801. The molecule has 1 amide bonds. The normalized spacial score (nSPS) is 15.2. The van der Waals surface area contributed by atoms with Gasteiger partial charge in [0.2, 0.25) is 0 Å². The molecule has 3 rings (SSSR count). The summed E-state index contributed by atoms with van der Waals surface area (Å²) in [5.74, 6) is 0.457. The molecule has 0 unspecified atom stereocenters. The zero-order chi connectivity index (χ0) is 15.9. The molecule has 5 nitrogen and oxygen atoms in total. The van der Waals surface area contributed by atoms with Crippen molar-refractivity contribution in [3.8, 4) is 11.5 Å². The number of ether oxygens (including phenoxy) is 1. The highest BCUT2D eigenvalue weighted by atomic mass is 79.9. The van der Waals surface area contributed by atoms with Gasteiger partial charge in [-0.15, -0.1) is 0 Å². The number of benzene rings is 1. The third-order valence-electron chi connectivity index (χ3n) is 2.84. The monoisotopic (exact) mass is 444 g/mol. The zero-order valence-electron chi connectivity index (χ0n) is 10.7. The summed E-state index contributed by atoms with van der Waals surface area (Å²) in [6, 6.07) is 6.53. The van der Waals surface area contributed by atoms with E-state index in [0.717, 1.165) is 0 Å². The topological polar surface area (TPSA) is 71.5 Å². The number of hydrogen-bond acceptors (Lipinski definition) is 4. The minimum Gasteiger partial charge on any atom is -0.506 e. The van der Waals surface area contributed by atoms with Crippen molar-refractivity contribution in [1.82, 2.24) is 4.98 Å². The van der Waals surface area contributed by atoms with E-state index in [1.807, 2.05) is 0 Å². The summed E-state index contributed by atoms with van der Waals surface area (Å²) in [6.45, 7) is 0. The summed E-state index contributed by atoms with van der Waals surface area (Å²) >= 11 is 12.2. The predicted molar refractivity (Wildman–Crippen MR) is 90.0 cm³/mol. The lowest BCUT2D eigenvalue weighted by molar-refractivity contribution is -0.115. The fraction of sp³-hybridized carbons (Fsp3) is 0. The molecule has 0 bridgehead atoms. The van der Waals surface area contributed by atoms with Crippen molar-refractivity contribution in [2.75, 3.05) is 5.32 Å². The molecule has 0 saturated heterocycles. The number of carbonyl (C=O) groups excluding carboxylic acids is 1. The minimum absolute atomic E-state index is 0.0837. The molecule has 112 valence electrons. The second kappa shape index (κ2) is 5.91. The van der Waals surface area contributed by atoms with Crippen LogP contribution in [0.15, 0.2) is 39.0 Å². The van der Waals surface area contributed by atoms with E-state index in [1.54, 1.807) is 30.3 Å². The van der Waals surface area contributed by atoms with Gasteiger partial charge in [-0.05, 0) is 67.8 Å². The Balaban J connectivity index is 1.99. The van der Waals surface area contributed by atoms with Gasteiger partial charge in [0.1, 0.15) is 10.9 Å². The van der Waals surface area contributed by atoms with Gasteiger partial charge in [0.15, 0.2) is 17.3 Å². The molecule has 1 aliphatic heterocycles. The van der Waals surface area contributed by atoms with Crippen LogP contribution in [0.2, 0.25) is 5.15 Å². The number of halogens is 3. The van der Waals surface area contributed by atoms with Gasteiger partial charge < -0.3 is 15.2 Å². The first-order chi connectivity index (χ1) is 10.4. The Hall–Kier alpha value is -1.57. The van der Waals surface area contributed by atoms with Crippen LogP contribution in [-0.4, -0.2) is 16.0 Å². The average molecular weight is 446 g/mol. The Kier molecular flexibility index (Phi) is 4.12. The van der Waals surface area contributed by atoms with Crippen LogP contribution in [0.4, 0.5) is 5.82 Å². The maximum atomic E-state index is 12.0. The average Bonchev–Trinajstić information content (AvgIpc) is 2.45. The van der Waals surface area contributed by atoms with E-state index in [-0.39, 0.29) is 22.5 Å². The van der Waals surface area contributed by atoms with Crippen LogP contribution in [0.25, 0.3) is 6.08 Å². The molecule has 0 spiro atoms. The highest BCUT2D eigenvalue weighted by molar-refractivity contribution is 9.11. The number of anilines is 1. The van der Waals surface area contributed by atoms with Gasteiger partial charge in [0, 0.05) is 0 Å². The number of fused-ring (bicyclic) bond motifs is 1. The highest BCUT2D eigenvalue weighted by Gasteiger charge is 2.23. The predicted octanol–water partition coefficient (Wildman–Crippen LogP) is 4.34. The standard InChI is InChI=1S/C14H7Br2ClN2O3/c15-7-3-6(4-8(16)12(7)20)5-10-14(21)19-13-9(22-10)1-2-11(17)18-13/h1-5,20H,(H,18,19,21). The Morgan fingerprint density at radius 2 is 1.95 bits per heavy atom. The number of pyridine rings is 1. The molecule has 22 heavy (non-hydrogen) atoms. The number of carbonyl (C=O) groups is 1. The number of phenolic OH excluding ortho intramolecular Hbond substituents is 1. The number of rotatable bonds is 1. The molecule has 0 radical (unpaired) electrons. The first kappa shape index (κ1) is 15.3. The van der Waals surface area contributed by atoms with E-state index >= 15 is 0 Å². The number of hydrogen-bond donors (Lipinski definition) is 2. The van der Waals surface area contributed by atoms with Crippen LogP contribution < -0.4 is 10.1 Å². The quantitative estimate of drug-likeness (QED) is 0.505. The van der Waals surface area contributed by atoms with Gasteiger partial charge in [-0.1, -0.05) is 11.6 Å². The largest absolute Gasteiger partial charge is 0.506 e. The van der Waals surface area contributed by atoms with Gasteiger partial charge >= 0.3 is 0 Å². The first-order valence-electron chi connectivity index (χ1n) is 5.99. The van der Waals surface area contributed by atoms with Crippen molar-refractivity contribution in [2.24, 2.45) is 0 Å². The number of amides is 1. The summed E-state index contributed by atoms with van der Waals surface area (Å²) in [7, 11) is 0. The first-order valence-corrected chi connectivity index (χ1v) is 7.96. The van der Waals surface area contributed by atoms with Crippen LogP contribution in [0.5, 0.6) is 11.5 Å². The van der Waals surface area contributed by atoms with Crippen molar-refractivity contribution in [3.05, 3.63) is 49.7 Å². The zero-order valence-corrected chi connectivity index (χ0v) is 14.7. The molecule has 8 heteroatoms. The molecule has 0 atom stereocenters. The fourth-order valence-corrected chi connectivity index (χ4v) is 3.21. The molecule has 1 aliphatic rings. The molecule has 1 aromatic carbocycles. The molecule has 0 saturated carbocycles. The second-order valence-electron chi connectivity index (χ2n) is 4.38. The van der Waals surface area contributed by atoms with E-state index in [9.17, 15) is 9.90 Å². The van der Waals surface area contributed by atoms with Crippen molar-refractivity contribution in [3.63, 3.8) is 0 Å². The van der Waals surface area contributed by atoms with E-state index < -0.39 is 5.91 Å². The van der Waals surface area contributed by atoms with Crippen LogP contribution in [0, 0.1) is 0 Å². The fourth-order valence-electron chi connectivity index (χ4n) is 1.84. The maximum absolute atomic E-state index is 12.0. The Labute approximate surface area is 147 Å². The number of nitrogens with one attached hydrogen (secondary N) is 1. The summed E-state index contributed by atoms with van der Waals surface area (Å²) in [6.07, 6.45) is 1.56. The van der Waals surface area contributed by atoms with E-state index in [2.05, 4.69) is 42.2 Å². The number of nitrogens with zero attached hydrogens (tertiary/aromatic N) is 1. The summed E-state index contributed by atoms with van der Waals surface area (Å²) in [5.41, 5.74) is 0.673. The summed E-state index contributed by atoms with van der Waals surface area (Å²) in [5, 5.41) is 12.6. The van der Waals surface area contributed by atoms with E-state index in [4.69, 9.17) is 16.3 Å². The molecule has 1 aromatic heterocycles. The molecule has 2 heterocycles. The van der Waals surface area contributed by atoms with Crippen LogP contribution >= 0.6 is 43.5 Å². The lowest BCUT2D eigenvalue weighted by atomic mass is 10.2. The molecule has 2 aromatic rings. The second-order valence-corrected chi connectivity index (χ2v) is 6.47. The van der Waals surface area contributed by atoms with Crippen molar-refractivity contribution in [2.45, 2.75) is 0 Å². The lowest BCUT2D eigenvalue weighted by Crippen LogP contribution is -2.24.